The maximum Gasteiger partial charge on any atom is 0.398 e. The fourth-order valence-corrected chi connectivity index (χ4v) is 4.12. The predicted octanol–water partition coefficient (Wildman–Crippen LogP) is 3.99. The number of nitrogens with zero attached hydrogens (tertiary/aromatic N) is 2. The Labute approximate surface area is 205 Å². The first kappa shape index (κ1) is 26.6. The number of hydrogen-bond acceptors (Lipinski definition) is 4. The molecule has 1 atom stereocenters. The lowest BCUT2D eigenvalue weighted by Crippen LogP contribution is -2.41. The van der Waals surface area contributed by atoms with Crippen LogP contribution in [0.1, 0.15) is 34.3 Å². The fourth-order valence-electron chi connectivity index (χ4n) is 3.88. The van der Waals surface area contributed by atoms with E-state index in [0.717, 1.165) is 6.08 Å². The van der Waals surface area contributed by atoms with Gasteiger partial charge in [0.05, 0.1) is 16.0 Å². The first-order valence-electron chi connectivity index (χ1n) is 10.8. The molecule has 0 saturated heterocycles. The van der Waals surface area contributed by atoms with E-state index in [1.54, 1.807) is 19.0 Å². The van der Waals surface area contributed by atoms with E-state index in [2.05, 4.69) is 10.3 Å². The van der Waals surface area contributed by atoms with Crippen LogP contribution in [0.3, 0.4) is 0 Å². The van der Waals surface area contributed by atoms with Gasteiger partial charge in [0.1, 0.15) is 0 Å². The average molecular weight is 513 g/mol. The third kappa shape index (κ3) is 5.82. The molecule has 1 aliphatic rings. The molecule has 2 amide bonds. The number of nitrogens with two attached hydrogens (primary N) is 1. The van der Waals surface area contributed by atoms with Crippen LogP contribution in [0.5, 0.6) is 0 Å². The van der Waals surface area contributed by atoms with Gasteiger partial charge in [-0.3, -0.25) is 14.6 Å². The summed E-state index contributed by atoms with van der Waals surface area (Å²) in [6, 6.07) is 5.35. The van der Waals surface area contributed by atoms with Crippen molar-refractivity contribution in [2.24, 2.45) is 11.1 Å². The Morgan fingerprint density at radius 2 is 1.97 bits per heavy atom. The number of primary amides is 1. The van der Waals surface area contributed by atoms with Crippen molar-refractivity contribution in [1.82, 2.24) is 15.2 Å². The summed E-state index contributed by atoms with van der Waals surface area (Å²) in [6.45, 7) is 0.0528. The summed E-state index contributed by atoms with van der Waals surface area (Å²) in [4.78, 5) is 29.7. The molecule has 1 saturated carbocycles. The van der Waals surface area contributed by atoms with E-state index in [1.165, 1.54) is 36.7 Å². The van der Waals surface area contributed by atoms with Crippen LogP contribution < -0.4 is 11.1 Å². The molecular weight excluding hydrogens is 488 g/mol. The monoisotopic (exact) mass is 512 g/mol. The molecule has 1 aromatic carbocycles. The normalized spacial score (nSPS) is 16.2. The summed E-state index contributed by atoms with van der Waals surface area (Å²) in [7, 11) is 3.47. The second kappa shape index (κ2) is 10.3. The molecule has 1 aromatic heterocycles. The van der Waals surface area contributed by atoms with E-state index in [1.807, 2.05) is 0 Å². The second-order valence-electron chi connectivity index (χ2n) is 8.71. The first-order valence-corrected chi connectivity index (χ1v) is 11.2. The van der Waals surface area contributed by atoms with Gasteiger partial charge in [0.15, 0.2) is 5.82 Å². The van der Waals surface area contributed by atoms with Crippen molar-refractivity contribution >= 4 is 29.0 Å². The number of likely N-dealkylation sites (N-methyl/N-ethyl adjacent to an activating group) is 1. The summed E-state index contributed by atoms with van der Waals surface area (Å²) in [5.41, 5.74) is 3.24. The summed E-state index contributed by atoms with van der Waals surface area (Å²) < 4.78 is 55.8. The number of pyridine rings is 1. The molecule has 0 radical (unpaired) electrons. The van der Waals surface area contributed by atoms with E-state index in [-0.39, 0.29) is 53.6 Å². The Kier molecular flexibility index (Phi) is 7.86. The SMILES string of the molecule is CN(C)[C@H](CNC(=O)/C=C(/c1cccnc1)C1(C(F)(F)F)CC1)Cc1ccc(C(N)=O)c(F)c1Cl. The van der Waals surface area contributed by atoms with Gasteiger partial charge in [0, 0.05) is 31.1 Å². The van der Waals surface area contributed by atoms with E-state index < -0.39 is 29.2 Å². The smallest absolute Gasteiger partial charge is 0.366 e. The van der Waals surface area contributed by atoms with Crippen molar-refractivity contribution in [3.63, 3.8) is 0 Å². The molecule has 0 spiro atoms. The average Bonchev–Trinajstić information content (AvgIpc) is 3.60. The quantitative estimate of drug-likeness (QED) is 0.393. The minimum atomic E-state index is -4.50. The Balaban J connectivity index is 1.79. The zero-order valence-corrected chi connectivity index (χ0v) is 19.9. The van der Waals surface area contributed by atoms with Gasteiger partial charge in [-0.1, -0.05) is 23.7 Å². The Bertz CT molecular complexity index is 1130. The molecule has 188 valence electrons. The summed E-state index contributed by atoms with van der Waals surface area (Å²) in [5.74, 6) is -2.56. The van der Waals surface area contributed by atoms with Gasteiger partial charge in [-0.25, -0.2) is 4.39 Å². The van der Waals surface area contributed by atoms with Gasteiger partial charge in [-0.15, -0.1) is 0 Å². The number of carbonyl (C=O) groups excluding carboxylic acids is 2. The molecule has 0 unspecified atom stereocenters. The minimum Gasteiger partial charge on any atom is -0.366 e. The molecule has 1 heterocycles. The standard InChI is InChI=1S/C24H25ClF4N4O2/c1-33(2)16(10-14-5-6-17(22(30)35)21(26)20(14)25)13-32-19(34)11-18(15-4-3-9-31-12-15)23(7-8-23)24(27,28)29/h3-6,9,11-12,16H,7-8,10,13H2,1-2H3,(H2,30,35)(H,32,34)/b18-11-/t16-/m0/s1. The molecule has 3 rings (SSSR count). The lowest BCUT2D eigenvalue weighted by atomic mass is 9.89. The largest absolute Gasteiger partial charge is 0.398 e. The number of allylic oxidation sites excluding steroid dienone is 1. The number of carbonyl (C=O) groups is 2. The van der Waals surface area contributed by atoms with Crippen LogP contribution in [-0.4, -0.2) is 54.6 Å². The van der Waals surface area contributed by atoms with E-state index in [9.17, 15) is 27.2 Å². The molecular formula is C24H25ClF4N4O2. The maximum absolute atomic E-state index is 14.4. The van der Waals surface area contributed by atoms with Gasteiger partial charge in [-0.2, -0.15) is 13.2 Å². The lowest BCUT2D eigenvalue weighted by molar-refractivity contribution is -0.168. The first-order chi connectivity index (χ1) is 16.4. The van der Waals surface area contributed by atoms with Crippen molar-refractivity contribution in [3.05, 3.63) is 70.3 Å². The molecule has 6 nitrogen and oxygen atoms in total. The molecule has 2 aromatic rings. The number of alkyl halides is 3. The highest BCUT2D eigenvalue weighted by molar-refractivity contribution is 6.32. The van der Waals surface area contributed by atoms with E-state index in [0.29, 0.717) is 5.56 Å². The molecule has 0 aliphatic heterocycles. The zero-order valence-electron chi connectivity index (χ0n) is 19.1. The minimum absolute atomic E-state index is 0.0528. The Morgan fingerprint density at radius 3 is 2.49 bits per heavy atom. The van der Waals surface area contributed by atoms with Gasteiger partial charge in [-0.05, 0) is 62.2 Å². The number of nitrogens with one attached hydrogen (secondary N) is 1. The number of hydrogen-bond donors (Lipinski definition) is 2. The molecule has 1 aliphatic carbocycles. The number of benzene rings is 1. The summed E-state index contributed by atoms with van der Waals surface area (Å²) >= 11 is 6.08. The zero-order chi connectivity index (χ0) is 26.0. The van der Waals surface area contributed by atoms with Crippen LogP contribution in [-0.2, 0) is 11.2 Å². The molecule has 3 N–H and O–H groups in total. The van der Waals surface area contributed by atoms with Crippen molar-refractivity contribution in [3.8, 4) is 0 Å². The fraction of sp³-hybridized carbons (Fsp3) is 0.375. The highest BCUT2D eigenvalue weighted by Gasteiger charge is 2.65. The lowest BCUT2D eigenvalue weighted by Gasteiger charge is -2.26. The number of rotatable bonds is 9. The predicted molar refractivity (Wildman–Crippen MR) is 124 cm³/mol. The number of halogens is 5. The molecule has 0 bridgehead atoms. The molecule has 35 heavy (non-hydrogen) atoms. The van der Waals surface area contributed by atoms with Crippen LogP contribution in [0.4, 0.5) is 17.6 Å². The van der Waals surface area contributed by atoms with Gasteiger partial charge in [0.25, 0.3) is 5.91 Å². The van der Waals surface area contributed by atoms with Crippen molar-refractivity contribution in [2.75, 3.05) is 20.6 Å². The summed E-state index contributed by atoms with van der Waals surface area (Å²) in [5, 5.41) is 2.39. The van der Waals surface area contributed by atoms with E-state index >= 15 is 0 Å². The third-order valence-corrected chi connectivity index (χ3v) is 6.59. The molecule has 1 fully saturated rings. The van der Waals surface area contributed by atoms with Crippen LogP contribution >= 0.6 is 11.6 Å². The topological polar surface area (TPSA) is 88.3 Å². The van der Waals surface area contributed by atoms with E-state index in [4.69, 9.17) is 17.3 Å². The highest BCUT2D eigenvalue weighted by atomic mass is 35.5. The van der Waals surface area contributed by atoms with Crippen LogP contribution in [0.2, 0.25) is 5.02 Å². The van der Waals surface area contributed by atoms with Crippen molar-refractivity contribution < 1.29 is 27.2 Å². The Hall–Kier alpha value is -2.98. The van der Waals surface area contributed by atoms with Crippen LogP contribution in [0, 0.1) is 11.2 Å². The highest BCUT2D eigenvalue weighted by Crippen LogP contribution is 2.64. The van der Waals surface area contributed by atoms with Crippen molar-refractivity contribution in [2.45, 2.75) is 31.5 Å². The molecule has 11 heteroatoms. The Morgan fingerprint density at radius 1 is 1.29 bits per heavy atom. The second-order valence-corrected chi connectivity index (χ2v) is 9.09. The summed E-state index contributed by atoms with van der Waals surface area (Å²) in [6.07, 6.45) is -0.766. The third-order valence-electron chi connectivity index (χ3n) is 6.18. The van der Waals surface area contributed by atoms with Crippen molar-refractivity contribution in [1.29, 1.82) is 0 Å². The van der Waals surface area contributed by atoms with Gasteiger partial charge in [0.2, 0.25) is 5.91 Å². The van der Waals surface area contributed by atoms with Gasteiger partial charge >= 0.3 is 6.18 Å². The van der Waals surface area contributed by atoms with Crippen LogP contribution in [0.15, 0.2) is 42.7 Å². The number of amides is 2. The van der Waals surface area contributed by atoms with Crippen LogP contribution in [0.25, 0.3) is 5.57 Å². The number of aromatic nitrogens is 1. The van der Waals surface area contributed by atoms with Gasteiger partial charge < -0.3 is 16.0 Å². The maximum atomic E-state index is 14.4.